The van der Waals surface area contributed by atoms with Gasteiger partial charge in [-0.25, -0.2) is 15.0 Å². The van der Waals surface area contributed by atoms with Gasteiger partial charge in [-0.05, 0) is 19.8 Å². The minimum atomic E-state index is -0.186. The zero-order valence-corrected chi connectivity index (χ0v) is 16.6. The van der Waals surface area contributed by atoms with Gasteiger partial charge >= 0.3 is 0 Å². The van der Waals surface area contributed by atoms with Crippen LogP contribution in [0.1, 0.15) is 19.8 Å². The molecule has 0 radical (unpaired) electrons. The Morgan fingerprint density at radius 3 is 2.82 bits per heavy atom. The Hall–Kier alpha value is -1.81. The van der Waals surface area contributed by atoms with Crippen LogP contribution in [0.4, 0.5) is 5.82 Å². The molecule has 0 bridgehead atoms. The molecule has 0 aromatic carbocycles. The highest BCUT2D eigenvalue weighted by Gasteiger charge is 2.34. The molecular weight excluding hydrogens is 362 g/mol. The van der Waals surface area contributed by atoms with E-state index in [1.165, 1.54) is 0 Å². The van der Waals surface area contributed by atoms with Gasteiger partial charge in [0.15, 0.2) is 17.0 Å². The number of imidazole rings is 1. The first kappa shape index (κ1) is 19.5. The maximum atomic E-state index is 10.0. The summed E-state index contributed by atoms with van der Waals surface area (Å²) >= 11 is 0. The molecule has 28 heavy (non-hydrogen) atoms. The van der Waals surface area contributed by atoms with E-state index in [0.717, 1.165) is 36.4 Å². The Morgan fingerprint density at radius 1 is 1.25 bits per heavy atom. The van der Waals surface area contributed by atoms with Crippen molar-refractivity contribution in [2.45, 2.75) is 38.5 Å². The fraction of sp³-hybridized carbons (Fsp3) is 0.737. The lowest BCUT2D eigenvalue weighted by atomic mass is 9.81. The molecule has 2 saturated heterocycles. The zero-order chi connectivity index (χ0) is 19.6. The third-order valence-electron chi connectivity index (χ3n) is 5.75. The largest absolute Gasteiger partial charge is 0.396 e. The highest BCUT2D eigenvalue weighted by atomic mass is 16.5. The third-order valence-corrected chi connectivity index (χ3v) is 5.75. The normalized spacial score (nSPS) is 25.3. The minimum Gasteiger partial charge on any atom is -0.396 e. The molecule has 2 aromatic heterocycles. The van der Waals surface area contributed by atoms with Crippen LogP contribution in [0, 0.1) is 5.41 Å². The van der Waals surface area contributed by atoms with Crippen molar-refractivity contribution in [2.75, 3.05) is 51.5 Å². The Kier molecular flexibility index (Phi) is 5.77. The average Bonchev–Trinajstić information content (AvgIpc) is 3.11. The quantitative estimate of drug-likeness (QED) is 0.775. The van der Waals surface area contributed by atoms with E-state index in [1.54, 1.807) is 13.4 Å². The predicted octanol–water partition coefficient (Wildman–Crippen LogP) is 0.856. The fourth-order valence-electron chi connectivity index (χ4n) is 4.24. The molecule has 4 heterocycles. The monoisotopic (exact) mass is 391 g/mol. The molecule has 0 spiro atoms. The summed E-state index contributed by atoms with van der Waals surface area (Å²) in [7, 11) is 1.69. The minimum absolute atomic E-state index is 0.000693. The van der Waals surface area contributed by atoms with Gasteiger partial charge in [0.2, 0.25) is 0 Å². The molecule has 0 aliphatic carbocycles. The number of nitrogens with zero attached hydrogens (tertiary/aromatic N) is 5. The van der Waals surface area contributed by atoms with Gasteiger partial charge < -0.3 is 28.8 Å². The molecule has 154 valence electrons. The van der Waals surface area contributed by atoms with E-state index in [-0.39, 0.29) is 24.2 Å². The second kappa shape index (κ2) is 8.28. The van der Waals surface area contributed by atoms with Gasteiger partial charge in [0.25, 0.3) is 0 Å². The molecule has 2 aromatic rings. The lowest BCUT2D eigenvalue weighted by Gasteiger charge is -2.37. The number of ether oxygens (including phenoxy) is 3. The molecular formula is C19H29N5O4. The van der Waals surface area contributed by atoms with Crippen LogP contribution in [-0.2, 0) is 20.8 Å². The second-order valence-corrected chi connectivity index (χ2v) is 7.94. The number of morpholine rings is 1. The molecule has 1 N–H and O–H groups in total. The number of aliphatic hydroxyl groups is 1. The number of hydrogen-bond acceptors (Lipinski definition) is 8. The van der Waals surface area contributed by atoms with Crippen LogP contribution in [0.15, 0.2) is 12.7 Å². The lowest BCUT2D eigenvalue weighted by molar-refractivity contribution is -0.0512. The Balaban J connectivity index is 1.61. The van der Waals surface area contributed by atoms with Crippen molar-refractivity contribution in [3.8, 4) is 0 Å². The number of fused-ring (bicyclic) bond motifs is 1. The zero-order valence-electron chi connectivity index (χ0n) is 16.6. The molecule has 4 rings (SSSR count). The van der Waals surface area contributed by atoms with Crippen molar-refractivity contribution in [2.24, 2.45) is 5.41 Å². The van der Waals surface area contributed by atoms with Crippen molar-refractivity contribution in [1.82, 2.24) is 19.5 Å². The van der Waals surface area contributed by atoms with Crippen molar-refractivity contribution >= 4 is 17.0 Å². The Bertz CT molecular complexity index is 792. The molecule has 2 fully saturated rings. The second-order valence-electron chi connectivity index (χ2n) is 7.94. The van der Waals surface area contributed by atoms with Gasteiger partial charge in [0.05, 0.1) is 31.7 Å². The molecule has 9 nitrogen and oxygen atoms in total. The van der Waals surface area contributed by atoms with E-state index in [0.29, 0.717) is 32.9 Å². The Labute approximate surface area is 164 Å². The summed E-state index contributed by atoms with van der Waals surface area (Å²) in [4.78, 5) is 15.9. The molecule has 2 aliphatic heterocycles. The van der Waals surface area contributed by atoms with Crippen LogP contribution in [0.2, 0.25) is 0 Å². The number of aromatic nitrogens is 4. The number of anilines is 1. The summed E-state index contributed by atoms with van der Waals surface area (Å²) in [5.74, 6) is 0.824. The first-order valence-electron chi connectivity index (χ1n) is 9.88. The summed E-state index contributed by atoms with van der Waals surface area (Å²) in [5.41, 5.74) is 1.40. The topological polar surface area (TPSA) is 94.8 Å². The van der Waals surface area contributed by atoms with Crippen LogP contribution in [0.5, 0.6) is 0 Å². The van der Waals surface area contributed by atoms with E-state index in [9.17, 15) is 5.11 Å². The lowest BCUT2D eigenvalue weighted by Crippen LogP contribution is -2.48. The summed E-state index contributed by atoms with van der Waals surface area (Å²) in [5, 5.41) is 10.0. The van der Waals surface area contributed by atoms with Gasteiger partial charge in [-0.2, -0.15) is 0 Å². The van der Waals surface area contributed by atoms with E-state index in [1.807, 2.05) is 10.9 Å². The van der Waals surface area contributed by atoms with Gasteiger partial charge in [-0.15, -0.1) is 0 Å². The number of aliphatic hydroxyl groups excluding tert-OH is 1. The molecule has 2 aliphatic rings. The van der Waals surface area contributed by atoms with Crippen molar-refractivity contribution < 1.29 is 19.3 Å². The molecule has 0 saturated carbocycles. The van der Waals surface area contributed by atoms with Crippen LogP contribution >= 0.6 is 0 Å². The maximum Gasteiger partial charge on any atom is 0.165 e. The van der Waals surface area contributed by atoms with Crippen molar-refractivity contribution in [1.29, 1.82) is 0 Å². The highest BCUT2D eigenvalue weighted by Crippen LogP contribution is 2.33. The molecule has 2 atom stereocenters. The van der Waals surface area contributed by atoms with Gasteiger partial charge in [-0.3, -0.25) is 0 Å². The first-order valence-corrected chi connectivity index (χ1v) is 9.88. The van der Waals surface area contributed by atoms with Gasteiger partial charge in [0.1, 0.15) is 6.33 Å². The fourth-order valence-corrected chi connectivity index (χ4v) is 4.24. The standard InChI is InChI=1S/C19H29N5O4/c1-14-7-23(8-15(28-14)9-26-2)17-16-18(21-12-20-17)24(13-22-16)10-19(11-25)3-5-27-6-4-19/h12-15,25H,3-11H2,1-2H3. The predicted molar refractivity (Wildman–Crippen MR) is 103 cm³/mol. The first-order chi connectivity index (χ1) is 13.6. The van der Waals surface area contributed by atoms with Gasteiger partial charge in [0, 0.05) is 45.4 Å². The highest BCUT2D eigenvalue weighted by molar-refractivity contribution is 5.83. The summed E-state index contributed by atoms with van der Waals surface area (Å²) in [6.45, 7) is 6.22. The van der Waals surface area contributed by atoms with Crippen molar-refractivity contribution in [3.63, 3.8) is 0 Å². The summed E-state index contributed by atoms with van der Waals surface area (Å²) in [6, 6.07) is 0. The van der Waals surface area contributed by atoms with E-state index in [4.69, 9.17) is 14.2 Å². The van der Waals surface area contributed by atoms with Crippen LogP contribution in [0.25, 0.3) is 11.2 Å². The maximum absolute atomic E-state index is 10.0. The average molecular weight is 391 g/mol. The summed E-state index contributed by atoms with van der Waals surface area (Å²) in [6.07, 6.45) is 5.16. The van der Waals surface area contributed by atoms with E-state index >= 15 is 0 Å². The smallest absolute Gasteiger partial charge is 0.165 e. The molecule has 9 heteroatoms. The Morgan fingerprint density at radius 2 is 2.07 bits per heavy atom. The van der Waals surface area contributed by atoms with E-state index < -0.39 is 0 Å². The number of rotatable bonds is 6. The SMILES string of the molecule is COCC1CN(c2ncnc3c2ncn3CC2(CO)CCOCC2)CC(C)O1. The number of methoxy groups -OCH3 is 1. The van der Waals surface area contributed by atoms with E-state index in [2.05, 4.69) is 26.8 Å². The van der Waals surface area contributed by atoms with Crippen LogP contribution in [0.3, 0.4) is 0 Å². The third kappa shape index (κ3) is 3.84. The van der Waals surface area contributed by atoms with Gasteiger partial charge in [-0.1, -0.05) is 0 Å². The van der Waals surface area contributed by atoms with Crippen LogP contribution < -0.4 is 4.90 Å². The van der Waals surface area contributed by atoms with Crippen LogP contribution in [-0.4, -0.2) is 83.5 Å². The summed E-state index contributed by atoms with van der Waals surface area (Å²) < 4.78 is 18.7. The molecule has 0 amide bonds. The number of hydrogen-bond donors (Lipinski definition) is 1. The van der Waals surface area contributed by atoms with Crippen molar-refractivity contribution in [3.05, 3.63) is 12.7 Å². The molecule has 2 unspecified atom stereocenters.